The second-order valence-electron chi connectivity index (χ2n) is 2.31. The van der Waals surface area contributed by atoms with Gasteiger partial charge in [0.15, 0.2) is 0 Å². The molecule has 0 aromatic heterocycles. The Bertz CT molecular complexity index is 82.4. The maximum atomic E-state index is 5.35. The summed E-state index contributed by atoms with van der Waals surface area (Å²) in [7, 11) is -1.07. The zero-order valence-corrected chi connectivity index (χ0v) is 9.10. The molecule has 0 atom stereocenters. The van der Waals surface area contributed by atoms with Crippen molar-refractivity contribution >= 4 is 8.60 Å². The van der Waals surface area contributed by atoms with Crippen LogP contribution in [0.3, 0.4) is 0 Å². The molecular formula is C8H19O3P. The summed E-state index contributed by atoms with van der Waals surface area (Å²) in [6, 6.07) is 0. The Morgan fingerprint density at radius 1 is 0.833 bits per heavy atom. The van der Waals surface area contributed by atoms with Crippen LogP contribution >= 0.6 is 8.60 Å². The molecule has 0 fully saturated rings. The van der Waals surface area contributed by atoms with Crippen LogP contribution in [0.1, 0.15) is 33.6 Å². The summed E-state index contributed by atoms with van der Waals surface area (Å²) in [6.45, 7) is 8.17. The summed E-state index contributed by atoms with van der Waals surface area (Å²) in [6.07, 6.45) is 2.00. The van der Waals surface area contributed by atoms with Gasteiger partial charge in [0, 0.05) is 0 Å². The van der Waals surface area contributed by atoms with E-state index in [-0.39, 0.29) is 0 Å². The summed E-state index contributed by atoms with van der Waals surface area (Å²) in [5.41, 5.74) is 0. The van der Waals surface area contributed by atoms with Crippen LogP contribution in [0.4, 0.5) is 0 Å². The van der Waals surface area contributed by atoms with Gasteiger partial charge in [-0.2, -0.15) is 0 Å². The molecule has 0 radical (unpaired) electrons. The highest BCUT2D eigenvalue weighted by Crippen LogP contribution is 2.39. The first-order valence-corrected chi connectivity index (χ1v) is 5.63. The molecule has 3 nitrogen and oxygen atoms in total. The Hall–Kier alpha value is 0.310. The fraction of sp³-hybridized carbons (Fsp3) is 1.00. The highest BCUT2D eigenvalue weighted by Gasteiger charge is 2.09. The van der Waals surface area contributed by atoms with Gasteiger partial charge in [-0.15, -0.1) is 0 Å². The molecule has 12 heavy (non-hydrogen) atoms. The van der Waals surface area contributed by atoms with Crippen molar-refractivity contribution in [2.75, 3.05) is 19.8 Å². The van der Waals surface area contributed by atoms with Gasteiger partial charge in [0.2, 0.25) is 0 Å². The normalized spacial score (nSPS) is 11.0. The summed E-state index contributed by atoms with van der Waals surface area (Å²) < 4.78 is 16.0. The molecule has 0 aliphatic rings. The fourth-order valence-corrected chi connectivity index (χ4v) is 1.65. The predicted octanol–water partition coefficient (Wildman–Crippen LogP) is 3.10. The Morgan fingerprint density at radius 3 is 1.67 bits per heavy atom. The lowest BCUT2D eigenvalue weighted by molar-refractivity contribution is 0.165. The van der Waals surface area contributed by atoms with Gasteiger partial charge in [-0.05, 0) is 19.8 Å². The van der Waals surface area contributed by atoms with E-state index < -0.39 is 8.60 Å². The molecule has 0 bridgehead atoms. The molecule has 0 aliphatic carbocycles. The van der Waals surface area contributed by atoms with Crippen LogP contribution in [0, 0.1) is 0 Å². The summed E-state index contributed by atoms with van der Waals surface area (Å²) in [4.78, 5) is 0. The first-order chi connectivity index (χ1) is 5.85. The Balaban J connectivity index is 3.40. The van der Waals surface area contributed by atoms with Crippen molar-refractivity contribution in [2.45, 2.75) is 33.6 Å². The Morgan fingerprint density at radius 2 is 1.33 bits per heavy atom. The molecule has 0 heterocycles. The van der Waals surface area contributed by atoms with Gasteiger partial charge in [-0.1, -0.05) is 13.8 Å². The van der Waals surface area contributed by atoms with Crippen LogP contribution in [0.2, 0.25) is 0 Å². The number of rotatable bonds is 8. The SMILES string of the molecule is CCCOP(OCC)OCCC. The number of hydrogen-bond donors (Lipinski definition) is 0. The van der Waals surface area contributed by atoms with E-state index >= 15 is 0 Å². The minimum Gasteiger partial charge on any atom is -0.313 e. The second kappa shape index (κ2) is 9.40. The molecule has 0 aromatic rings. The lowest BCUT2D eigenvalue weighted by Gasteiger charge is -2.14. The molecule has 0 rings (SSSR count). The molecule has 4 heteroatoms. The smallest absolute Gasteiger partial charge is 0.313 e. The Kier molecular flexibility index (Phi) is 9.64. The van der Waals surface area contributed by atoms with E-state index in [0.29, 0.717) is 6.61 Å². The molecule has 0 amide bonds. The third-order valence-corrected chi connectivity index (χ3v) is 2.29. The fourth-order valence-electron chi connectivity index (χ4n) is 0.549. The minimum absolute atomic E-state index is 0.652. The van der Waals surface area contributed by atoms with Crippen LogP contribution in [0.5, 0.6) is 0 Å². The molecule has 0 aliphatic heterocycles. The summed E-state index contributed by atoms with van der Waals surface area (Å²) >= 11 is 0. The molecule has 0 saturated heterocycles. The third kappa shape index (κ3) is 6.99. The largest absolute Gasteiger partial charge is 0.332 e. The predicted molar refractivity (Wildman–Crippen MR) is 51.0 cm³/mol. The van der Waals surface area contributed by atoms with Gasteiger partial charge in [0.25, 0.3) is 0 Å². The average molecular weight is 194 g/mol. The third-order valence-electron chi connectivity index (χ3n) is 1.04. The average Bonchev–Trinajstić information content (AvgIpc) is 2.10. The molecule has 0 spiro atoms. The monoisotopic (exact) mass is 194 g/mol. The van der Waals surface area contributed by atoms with Gasteiger partial charge in [-0.3, -0.25) is 0 Å². The Labute approximate surface area is 76.4 Å². The zero-order chi connectivity index (χ0) is 9.23. The maximum absolute atomic E-state index is 5.35. The lowest BCUT2D eigenvalue weighted by atomic mass is 10.5. The van der Waals surface area contributed by atoms with E-state index in [0.717, 1.165) is 26.1 Å². The standard InChI is InChI=1S/C8H19O3P/c1-4-7-10-12(9-6-3)11-8-5-2/h4-8H2,1-3H3. The van der Waals surface area contributed by atoms with Crippen LogP contribution in [-0.2, 0) is 13.6 Å². The molecular weight excluding hydrogens is 175 g/mol. The zero-order valence-electron chi connectivity index (χ0n) is 8.21. The van der Waals surface area contributed by atoms with E-state index in [2.05, 4.69) is 13.8 Å². The highest BCUT2D eigenvalue weighted by atomic mass is 31.2. The van der Waals surface area contributed by atoms with Gasteiger partial charge in [0.1, 0.15) is 0 Å². The van der Waals surface area contributed by atoms with E-state index in [4.69, 9.17) is 13.6 Å². The van der Waals surface area contributed by atoms with Crippen molar-refractivity contribution in [3.8, 4) is 0 Å². The van der Waals surface area contributed by atoms with E-state index in [1.54, 1.807) is 0 Å². The van der Waals surface area contributed by atoms with E-state index in [9.17, 15) is 0 Å². The van der Waals surface area contributed by atoms with E-state index in [1.807, 2.05) is 6.92 Å². The molecule has 0 aromatic carbocycles. The van der Waals surface area contributed by atoms with Crippen LogP contribution in [0.15, 0.2) is 0 Å². The molecule has 74 valence electrons. The van der Waals surface area contributed by atoms with E-state index in [1.165, 1.54) is 0 Å². The molecule has 0 saturated carbocycles. The van der Waals surface area contributed by atoms with Crippen molar-refractivity contribution < 1.29 is 13.6 Å². The number of hydrogen-bond acceptors (Lipinski definition) is 3. The maximum Gasteiger partial charge on any atom is 0.332 e. The molecule has 0 unspecified atom stereocenters. The van der Waals surface area contributed by atoms with Gasteiger partial charge < -0.3 is 13.6 Å². The lowest BCUT2D eigenvalue weighted by Crippen LogP contribution is -1.97. The first kappa shape index (κ1) is 12.3. The highest BCUT2D eigenvalue weighted by molar-refractivity contribution is 7.41. The van der Waals surface area contributed by atoms with Crippen molar-refractivity contribution in [2.24, 2.45) is 0 Å². The van der Waals surface area contributed by atoms with Crippen molar-refractivity contribution in [1.29, 1.82) is 0 Å². The van der Waals surface area contributed by atoms with Crippen LogP contribution < -0.4 is 0 Å². The van der Waals surface area contributed by atoms with Crippen molar-refractivity contribution in [1.82, 2.24) is 0 Å². The molecule has 0 N–H and O–H groups in total. The summed E-state index contributed by atoms with van der Waals surface area (Å²) in [5, 5.41) is 0. The van der Waals surface area contributed by atoms with Crippen molar-refractivity contribution in [3.05, 3.63) is 0 Å². The quantitative estimate of drug-likeness (QED) is 0.555. The van der Waals surface area contributed by atoms with Gasteiger partial charge in [-0.25, -0.2) is 0 Å². The van der Waals surface area contributed by atoms with Gasteiger partial charge in [0.05, 0.1) is 19.8 Å². The van der Waals surface area contributed by atoms with Crippen LogP contribution in [-0.4, -0.2) is 19.8 Å². The van der Waals surface area contributed by atoms with Gasteiger partial charge >= 0.3 is 8.60 Å². The van der Waals surface area contributed by atoms with Crippen LogP contribution in [0.25, 0.3) is 0 Å². The van der Waals surface area contributed by atoms with Crippen molar-refractivity contribution in [3.63, 3.8) is 0 Å². The first-order valence-electron chi connectivity index (χ1n) is 4.54. The second-order valence-corrected chi connectivity index (χ2v) is 3.53. The topological polar surface area (TPSA) is 27.7 Å². The minimum atomic E-state index is -1.07. The summed E-state index contributed by atoms with van der Waals surface area (Å²) in [5.74, 6) is 0.